The van der Waals surface area contributed by atoms with Gasteiger partial charge in [-0.2, -0.15) is 0 Å². The van der Waals surface area contributed by atoms with E-state index >= 15 is 0 Å². The van der Waals surface area contributed by atoms with Crippen LogP contribution in [0.2, 0.25) is 5.02 Å². The number of hydrogen-bond donors (Lipinski definition) is 1. The molecule has 0 saturated carbocycles. The maximum Gasteiger partial charge on any atom is 0.254 e. The van der Waals surface area contributed by atoms with Gasteiger partial charge in [0.1, 0.15) is 0 Å². The fraction of sp³-hybridized carbons (Fsp3) is 0.400. The van der Waals surface area contributed by atoms with E-state index < -0.39 is 0 Å². The van der Waals surface area contributed by atoms with E-state index in [0.717, 1.165) is 50.3 Å². The number of amides is 1. The highest BCUT2D eigenvalue weighted by Crippen LogP contribution is 2.35. The van der Waals surface area contributed by atoms with Gasteiger partial charge in [-0.1, -0.05) is 29.8 Å². The fourth-order valence-electron chi connectivity index (χ4n) is 5.02. The van der Waals surface area contributed by atoms with Crippen molar-refractivity contribution in [1.29, 1.82) is 0 Å². The largest absolute Gasteiger partial charge is 0.494 e. The van der Waals surface area contributed by atoms with E-state index in [1.165, 1.54) is 12.8 Å². The summed E-state index contributed by atoms with van der Waals surface area (Å²) in [5.74, 6) is 0.131. The fourth-order valence-corrected chi connectivity index (χ4v) is 5.29. The van der Waals surface area contributed by atoms with Gasteiger partial charge in [0.05, 0.1) is 10.4 Å². The molecule has 3 aromatic rings. The van der Waals surface area contributed by atoms with Crippen LogP contribution in [0.25, 0.3) is 16.5 Å². The molecule has 1 amide bonds. The second-order valence-corrected chi connectivity index (χ2v) is 9.35. The summed E-state index contributed by atoms with van der Waals surface area (Å²) in [6, 6.07) is 13.6. The summed E-state index contributed by atoms with van der Waals surface area (Å²) in [4.78, 5) is 20.1. The highest BCUT2D eigenvalue weighted by atomic mass is 35.5. The molecule has 2 saturated heterocycles. The number of nitrogens with zero attached hydrogens (tertiary/aromatic N) is 4. The summed E-state index contributed by atoms with van der Waals surface area (Å²) in [7, 11) is 2.19. The molecule has 2 fully saturated rings. The number of hydrogen-bond acceptors (Lipinski definition) is 4. The molecule has 2 aliphatic heterocycles. The molecule has 0 atom stereocenters. The summed E-state index contributed by atoms with van der Waals surface area (Å²) in [6.07, 6.45) is 4.27. The third-order valence-electron chi connectivity index (χ3n) is 6.94. The molecule has 0 aliphatic carbocycles. The SMILES string of the molecule is CN1CCC(N2CCN(C(=O)c3cccc(-n4cc5cccc(Cl)c5c4O)c3)CC2)CC1. The Balaban J connectivity index is 1.31. The summed E-state index contributed by atoms with van der Waals surface area (Å²) in [5, 5.41) is 12.7. The Hall–Kier alpha value is -2.54. The molecule has 6 nitrogen and oxygen atoms in total. The highest BCUT2D eigenvalue weighted by molar-refractivity contribution is 6.36. The van der Waals surface area contributed by atoms with Crippen LogP contribution in [0.15, 0.2) is 48.7 Å². The topological polar surface area (TPSA) is 52.0 Å². The average Bonchev–Trinajstić information content (AvgIpc) is 3.17. The Morgan fingerprint density at radius 2 is 1.72 bits per heavy atom. The molecule has 5 rings (SSSR count). The van der Waals surface area contributed by atoms with E-state index in [-0.39, 0.29) is 11.8 Å². The van der Waals surface area contributed by atoms with Gasteiger partial charge in [-0.15, -0.1) is 0 Å². The van der Waals surface area contributed by atoms with Crippen LogP contribution < -0.4 is 0 Å². The smallest absolute Gasteiger partial charge is 0.254 e. The van der Waals surface area contributed by atoms with Crippen LogP contribution in [0.5, 0.6) is 5.88 Å². The van der Waals surface area contributed by atoms with Crippen LogP contribution in [-0.4, -0.2) is 82.6 Å². The maximum atomic E-state index is 13.2. The lowest BCUT2D eigenvalue weighted by atomic mass is 10.0. The molecular formula is C25H29ClN4O2. The predicted molar refractivity (Wildman–Crippen MR) is 128 cm³/mol. The van der Waals surface area contributed by atoms with Crippen molar-refractivity contribution in [2.75, 3.05) is 46.3 Å². The molecular weight excluding hydrogens is 424 g/mol. The van der Waals surface area contributed by atoms with Gasteiger partial charge in [-0.25, -0.2) is 0 Å². The van der Waals surface area contributed by atoms with Crippen LogP contribution in [0.3, 0.4) is 0 Å². The first-order chi connectivity index (χ1) is 15.5. The number of rotatable bonds is 3. The van der Waals surface area contributed by atoms with Crippen LogP contribution in [0, 0.1) is 0 Å². The van der Waals surface area contributed by atoms with Gasteiger partial charge in [-0.05, 0) is 57.2 Å². The van der Waals surface area contributed by atoms with Gasteiger partial charge in [0, 0.05) is 55.1 Å². The Morgan fingerprint density at radius 1 is 1.00 bits per heavy atom. The number of fused-ring (bicyclic) bond motifs is 1. The number of piperazine rings is 1. The lowest BCUT2D eigenvalue weighted by Crippen LogP contribution is -2.54. The van der Waals surface area contributed by atoms with Crippen LogP contribution in [0.1, 0.15) is 23.2 Å². The van der Waals surface area contributed by atoms with Gasteiger partial charge in [0.25, 0.3) is 5.91 Å². The molecule has 168 valence electrons. The molecule has 1 N–H and O–H groups in total. The molecule has 2 aliphatic rings. The second kappa shape index (κ2) is 8.77. The van der Waals surface area contributed by atoms with Crippen molar-refractivity contribution in [3.05, 3.63) is 59.2 Å². The van der Waals surface area contributed by atoms with E-state index in [4.69, 9.17) is 11.6 Å². The quantitative estimate of drug-likeness (QED) is 0.656. The third kappa shape index (κ3) is 3.98. The first kappa shape index (κ1) is 21.3. The minimum Gasteiger partial charge on any atom is -0.494 e. The van der Waals surface area contributed by atoms with Gasteiger partial charge >= 0.3 is 0 Å². The molecule has 3 heterocycles. The van der Waals surface area contributed by atoms with E-state index in [1.807, 2.05) is 47.5 Å². The zero-order chi connectivity index (χ0) is 22.2. The standard InChI is InChI=1S/C25H29ClN4O2/c1-27-10-8-20(9-11-27)28-12-14-29(15-13-28)24(31)18-4-2-6-21(16-18)30-17-19-5-3-7-22(26)23(19)25(30)32/h2-7,16-17,20,32H,8-15H2,1H3. The van der Waals surface area contributed by atoms with Gasteiger partial charge in [0.15, 0.2) is 0 Å². The molecule has 32 heavy (non-hydrogen) atoms. The zero-order valence-corrected chi connectivity index (χ0v) is 19.1. The molecule has 0 bridgehead atoms. The van der Waals surface area contributed by atoms with Crippen molar-refractivity contribution < 1.29 is 9.90 Å². The third-order valence-corrected chi connectivity index (χ3v) is 7.26. The number of aromatic nitrogens is 1. The van der Waals surface area contributed by atoms with Gasteiger partial charge in [-0.3, -0.25) is 14.3 Å². The second-order valence-electron chi connectivity index (χ2n) is 8.94. The van der Waals surface area contributed by atoms with E-state index in [2.05, 4.69) is 16.8 Å². The minimum atomic E-state index is 0.0455. The molecule has 0 unspecified atom stereocenters. The Bertz CT molecular complexity index is 1130. The van der Waals surface area contributed by atoms with Crippen molar-refractivity contribution >= 4 is 28.3 Å². The number of likely N-dealkylation sites (tertiary alicyclic amines) is 1. The van der Waals surface area contributed by atoms with Crippen molar-refractivity contribution in [2.24, 2.45) is 0 Å². The Kier molecular flexibility index (Phi) is 5.84. The number of benzene rings is 2. The maximum absolute atomic E-state index is 13.2. The van der Waals surface area contributed by atoms with Gasteiger partial charge < -0.3 is 14.9 Å². The summed E-state index contributed by atoms with van der Waals surface area (Å²) < 4.78 is 1.69. The number of halogens is 1. The van der Waals surface area contributed by atoms with Crippen LogP contribution >= 0.6 is 11.6 Å². The van der Waals surface area contributed by atoms with Crippen molar-refractivity contribution in [3.8, 4) is 11.6 Å². The summed E-state index contributed by atoms with van der Waals surface area (Å²) >= 11 is 6.28. The zero-order valence-electron chi connectivity index (χ0n) is 18.4. The minimum absolute atomic E-state index is 0.0455. The number of carbonyl (C=O) groups excluding carboxylic acids is 1. The molecule has 0 radical (unpaired) electrons. The Labute approximate surface area is 193 Å². The van der Waals surface area contributed by atoms with E-state index in [9.17, 15) is 9.90 Å². The van der Waals surface area contributed by atoms with E-state index in [0.29, 0.717) is 22.0 Å². The van der Waals surface area contributed by atoms with Crippen LogP contribution in [0.4, 0.5) is 0 Å². The summed E-state index contributed by atoms with van der Waals surface area (Å²) in [6.45, 7) is 5.68. The number of aromatic hydroxyl groups is 1. The monoisotopic (exact) mass is 452 g/mol. The van der Waals surface area contributed by atoms with Crippen LogP contribution in [-0.2, 0) is 0 Å². The number of carbonyl (C=O) groups is 1. The molecule has 2 aromatic carbocycles. The first-order valence-electron chi connectivity index (χ1n) is 11.3. The highest BCUT2D eigenvalue weighted by Gasteiger charge is 2.28. The Morgan fingerprint density at radius 3 is 2.44 bits per heavy atom. The lowest BCUT2D eigenvalue weighted by Gasteiger charge is -2.42. The summed E-state index contributed by atoms with van der Waals surface area (Å²) in [5.41, 5.74) is 1.38. The molecule has 0 spiro atoms. The normalized spacial score (nSPS) is 19.0. The average molecular weight is 453 g/mol. The van der Waals surface area contributed by atoms with Crippen molar-refractivity contribution in [2.45, 2.75) is 18.9 Å². The van der Waals surface area contributed by atoms with E-state index in [1.54, 1.807) is 10.6 Å². The molecule has 7 heteroatoms. The van der Waals surface area contributed by atoms with Gasteiger partial charge in [0.2, 0.25) is 5.88 Å². The number of piperidine rings is 1. The van der Waals surface area contributed by atoms with Crippen molar-refractivity contribution in [3.63, 3.8) is 0 Å². The molecule has 1 aromatic heterocycles. The first-order valence-corrected chi connectivity index (χ1v) is 11.7. The van der Waals surface area contributed by atoms with Crippen molar-refractivity contribution in [1.82, 2.24) is 19.3 Å². The lowest BCUT2D eigenvalue weighted by molar-refractivity contribution is 0.0475. The predicted octanol–water partition coefficient (Wildman–Crippen LogP) is 3.84.